The summed E-state index contributed by atoms with van der Waals surface area (Å²) in [5.41, 5.74) is 0.174. The maximum atomic E-state index is 13.2. The maximum Gasteiger partial charge on any atom is 0.325 e. The highest BCUT2D eigenvalue weighted by Gasteiger charge is 2.49. The van der Waals surface area contributed by atoms with Crippen LogP contribution in [-0.4, -0.2) is 35.0 Å². The van der Waals surface area contributed by atoms with Gasteiger partial charge in [-0.15, -0.1) is 22.7 Å². The number of urea groups is 1. The van der Waals surface area contributed by atoms with Crippen LogP contribution in [0.5, 0.6) is 11.5 Å². The van der Waals surface area contributed by atoms with Crippen molar-refractivity contribution in [3.63, 3.8) is 0 Å². The molecule has 0 radical (unpaired) electrons. The Hall–Kier alpha value is -2.91. The van der Waals surface area contributed by atoms with Crippen LogP contribution in [0.25, 0.3) is 9.88 Å². The fourth-order valence-electron chi connectivity index (χ4n) is 3.45. The van der Waals surface area contributed by atoms with Crippen molar-refractivity contribution in [3.05, 3.63) is 52.3 Å². The molecule has 0 bridgehead atoms. The van der Waals surface area contributed by atoms with Crippen molar-refractivity contribution in [1.29, 1.82) is 0 Å². The number of hydrogen-bond donors (Lipinski definition) is 1. The summed E-state index contributed by atoms with van der Waals surface area (Å²) in [5, 5.41) is 7.59. The van der Waals surface area contributed by atoms with Gasteiger partial charge in [-0.2, -0.15) is 0 Å². The van der Waals surface area contributed by atoms with Gasteiger partial charge in [0.25, 0.3) is 5.91 Å². The molecule has 9 heteroatoms. The smallest absolute Gasteiger partial charge is 0.325 e. The van der Waals surface area contributed by atoms with E-state index in [2.05, 4.69) is 10.3 Å². The van der Waals surface area contributed by atoms with Crippen LogP contribution < -0.4 is 14.8 Å². The summed E-state index contributed by atoms with van der Waals surface area (Å²) in [4.78, 5) is 32.7. The minimum Gasteiger partial charge on any atom is -0.486 e. The Labute approximate surface area is 174 Å². The second-order valence-corrected chi connectivity index (χ2v) is 8.73. The van der Waals surface area contributed by atoms with Crippen LogP contribution in [-0.2, 0) is 16.9 Å². The lowest BCUT2D eigenvalue weighted by Gasteiger charge is -2.25. The van der Waals surface area contributed by atoms with Crippen LogP contribution in [0.4, 0.5) is 4.79 Å². The third-order valence-electron chi connectivity index (χ3n) is 5.00. The summed E-state index contributed by atoms with van der Waals surface area (Å²) in [6, 6.07) is 8.85. The number of imide groups is 1. The van der Waals surface area contributed by atoms with E-state index in [0.717, 1.165) is 9.88 Å². The van der Waals surface area contributed by atoms with Crippen LogP contribution in [0.1, 0.15) is 18.2 Å². The minimum absolute atomic E-state index is 0.132. The molecule has 1 N–H and O–H groups in total. The number of fused-ring (bicyclic) bond motifs is 1. The maximum absolute atomic E-state index is 13.2. The van der Waals surface area contributed by atoms with Crippen LogP contribution in [0.2, 0.25) is 0 Å². The van der Waals surface area contributed by atoms with Crippen molar-refractivity contribution in [1.82, 2.24) is 15.2 Å². The number of benzene rings is 1. The number of aromatic nitrogens is 1. The van der Waals surface area contributed by atoms with Crippen molar-refractivity contribution in [2.75, 3.05) is 13.2 Å². The molecule has 3 amide bonds. The summed E-state index contributed by atoms with van der Waals surface area (Å²) >= 11 is 3.11. The van der Waals surface area contributed by atoms with Gasteiger partial charge in [0.05, 0.1) is 17.1 Å². The molecule has 29 heavy (non-hydrogen) atoms. The van der Waals surface area contributed by atoms with Gasteiger partial charge in [0.15, 0.2) is 11.5 Å². The highest BCUT2D eigenvalue weighted by atomic mass is 32.1. The van der Waals surface area contributed by atoms with Crippen LogP contribution >= 0.6 is 22.7 Å². The van der Waals surface area contributed by atoms with E-state index in [9.17, 15) is 9.59 Å². The number of nitrogens with one attached hydrogen (secondary N) is 1. The molecule has 5 rings (SSSR count). The molecule has 3 aromatic rings. The van der Waals surface area contributed by atoms with Gasteiger partial charge in [0, 0.05) is 5.38 Å². The van der Waals surface area contributed by atoms with E-state index in [1.54, 1.807) is 36.5 Å². The first kappa shape index (κ1) is 18.1. The molecular formula is C20H17N3O4S2. The highest BCUT2D eigenvalue weighted by Crippen LogP contribution is 2.37. The minimum atomic E-state index is -1.17. The molecule has 7 nitrogen and oxygen atoms in total. The van der Waals surface area contributed by atoms with Crippen LogP contribution in [0, 0.1) is 0 Å². The first-order valence-corrected chi connectivity index (χ1v) is 10.8. The number of carbonyl (C=O) groups is 2. The Morgan fingerprint density at radius 1 is 1.17 bits per heavy atom. The average molecular weight is 428 g/mol. The Morgan fingerprint density at radius 2 is 2.00 bits per heavy atom. The molecule has 4 heterocycles. The molecule has 0 saturated carbocycles. The molecule has 1 atom stereocenters. The van der Waals surface area contributed by atoms with E-state index in [-0.39, 0.29) is 12.5 Å². The van der Waals surface area contributed by atoms with Crippen molar-refractivity contribution in [2.45, 2.75) is 19.0 Å². The van der Waals surface area contributed by atoms with Gasteiger partial charge >= 0.3 is 6.03 Å². The zero-order valence-corrected chi connectivity index (χ0v) is 17.1. The fourth-order valence-corrected chi connectivity index (χ4v) is 5.07. The number of thiophene rings is 1. The van der Waals surface area contributed by atoms with E-state index < -0.39 is 11.6 Å². The van der Waals surface area contributed by atoms with Gasteiger partial charge in [-0.25, -0.2) is 9.78 Å². The Bertz CT molecular complexity index is 1100. The first-order chi connectivity index (χ1) is 14.0. The molecule has 0 spiro atoms. The summed E-state index contributed by atoms with van der Waals surface area (Å²) < 4.78 is 11.2. The number of ether oxygens (including phenoxy) is 2. The summed E-state index contributed by atoms with van der Waals surface area (Å²) in [6.07, 6.45) is 0. The number of amides is 3. The van der Waals surface area contributed by atoms with Crippen LogP contribution in [0.3, 0.4) is 0 Å². The Morgan fingerprint density at radius 3 is 2.79 bits per heavy atom. The van der Waals surface area contributed by atoms with Crippen molar-refractivity contribution in [2.24, 2.45) is 0 Å². The third-order valence-corrected chi connectivity index (χ3v) is 6.93. The van der Waals surface area contributed by atoms with Crippen molar-refractivity contribution in [3.8, 4) is 21.4 Å². The molecular weight excluding hydrogens is 410 g/mol. The predicted molar refractivity (Wildman–Crippen MR) is 109 cm³/mol. The van der Waals surface area contributed by atoms with Gasteiger partial charge in [0.2, 0.25) is 0 Å². The first-order valence-electron chi connectivity index (χ1n) is 9.07. The number of nitrogens with zero attached hydrogens (tertiary/aromatic N) is 2. The monoisotopic (exact) mass is 427 g/mol. The summed E-state index contributed by atoms with van der Waals surface area (Å²) in [7, 11) is 0. The van der Waals surface area contributed by atoms with E-state index in [1.807, 2.05) is 22.9 Å². The molecule has 148 valence electrons. The van der Waals surface area contributed by atoms with Gasteiger partial charge in [-0.3, -0.25) is 9.69 Å². The molecule has 0 unspecified atom stereocenters. The molecule has 2 aliphatic rings. The standard InChI is InChI=1S/C20H17N3O4S2/c1-20(12-4-5-14-15(9-12)27-7-6-26-14)18(24)23(19(25)22-20)10-13-11-29-17(21-13)16-3-2-8-28-16/h2-5,8-9,11H,6-7,10H2,1H3,(H,22,25)/t20-/m0/s1. The number of carbonyl (C=O) groups excluding carboxylic acids is 2. The molecule has 2 aliphatic heterocycles. The molecule has 1 aromatic carbocycles. The van der Waals surface area contributed by atoms with Crippen LogP contribution in [0.15, 0.2) is 41.1 Å². The zero-order valence-electron chi connectivity index (χ0n) is 15.5. The van der Waals surface area contributed by atoms with Gasteiger partial charge in [-0.05, 0) is 36.1 Å². The highest BCUT2D eigenvalue weighted by molar-refractivity contribution is 7.20. The number of hydrogen-bond acceptors (Lipinski definition) is 7. The molecule has 2 aromatic heterocycles. The van der Waals surface area contributed by atoms with Crippen molar-refractivity contribution >= 4 is 34.6 Å². The lowest BCUT2D eigenvalue weighted by atomic mass is 9.91. The average Bonchev–Trinajstić information content (AvgIpc) is 3.46. The van der Waals surface area contributed by atoms with Crippen molar-refractivity contribution < 1.29 is 19.1 Å². The Kier molecular flexibility index (Phi) is 4.29. The topological polar surface area (TPSA) is 80.8 Å². The van der Waals surface area contributed by atoms with Gasteiger partial charge < -0.3 is 14.8 Å². The Balaban J connectivity index is 1.39. The number of thiazole rings is 1. The fraction of sp³-hybridized carbons (Fsp3) is 0.250. The predicted octanol–water partition coefficient (Wildman–Crippen LogP) is 3.61. The lowest BCUT2D eigenvalue weighted by molar-refractivity contribution is -0.131. The number of rotatable bonds is 4. The largest absolute Gasteiger partial charge is 0.486 e. The lowest BCUT2D eigenvalue weighted by Crippen LogP contribution is -2.41. The third kappa shape index (κ3) is 3.06. The zero-order chi connectivity index (χ0) is 20.0. The second kappa shape index (κ2) is 6.85. The van der Waals surface area contributed by atoms with E-state index >= 15 is 0 Å². The molecule has 1 saturated heterocycles. The quantitative estimate of drug-likeness (QED) is 0.644. The van der Waals surface area contributed by atoms with Gasteiger partial charge in [-0.1, -0.05) is 12.1 Å². The summed E-state index contributed by atoms with van der Waals surface area (Å²) in [5.74, 6) is 0.904. The van der Waals surface area contributed by atoms with Gasteiger partial charge in [0.1, 0.15) is 23.8 Å². The summed E-state index contributed by atoms with van der Waals surface area (Å²) in [6.45, 7) is 2.79. The van der Waals surface area contributed by atoms with E-state index in [1.165, 1.54) is 16.2 Å². The van der Waals surface area contributed by atoms with E-state index in [4.69, 9.17) is 9.47 Å². The second-order valence-electron chi connectivity index (χ2n) is 6.93. The molecule has 1 fully saturated rings. The SMILES string of the molecule is C[C@@]1(c2ccc3c(c2)OCCO3)NC(=O)N(Cc2csc(-c3cccs3)n2)C1=O. The normalized spacial score (nSPS) is 20.8. The van der Waals surface area contributed by atoms with E-state index in [0.29, 0.717) is 36.0 Å². The molecule has 0 aliphatic carbocycles.